The zero-order valence-corrected chi connectivity index (χ0v) is 5.82. The van der Waals surface area contributed by atoms with Crippen molar-refractivity contribution in [2.75, 3.05) is 13.1 Å². The van der Waals surface area contributed by atoms with Crippen LogP contribution in [0.1, 0.15) is 19.3 Å². The van der Waals surface area contributed by atoms with Gasteiger partial charge in [-0.25, -0.2) is 4.39 Å². The fourth-order valence-corrected chi connectivity index (χ4v) is 1.18. The third-order valence-electron chi connectivity index (χ3n) is 1.75. The summed E-state index contributed by atoms with van der Waals surface area (Å²) in [5, 5.41) is 0. The largest absolute Gasteiger partial charge is 0.347 e. The van der Waals surface area contributed by atoms with E-state index in [0.717, 1.165) is 19.3 Å². The van der Waals surface area contributed by atoms with Crippen LogP contribution < -0.4 is 0 Å². The average molecular weight is 147 g/mol. The van der Waals surface area contributed by atoms with Gasteiger partial charge in [0.05, 0.1) is 0 Å². The van der Waals surface area contributed by atoms with Gasteiger partial charge in [0.15, 0.2) is 0 Å². The Kier molecular flexibility index (Phi) is 2.66. The molecule has 58 valence electrons. The zero-order chi connectivity index (χ0) is 7.40. The average Bonchev–Trinajstić information content (AvgIpc) is 2.05. The molecule has 0 aliphatic carbocycles. The van der Waals surface area contributed by atoms with Crippen LogP contribution in [0.2, 0.25) is 0 Å². The van der Waals surface area contributed by atoms with Gasteiger partial charge in [0, 0.05) is 13.1 Å². The van der Waals surface area contributed by atoms with Gasteiger partial charge in [-0.1, -0.05) is 0 Å². The first-order chi connectivity index (χ1) is 4.84. The third kappa shape index (κ3) is 1.69. The molecule has 3 heteroatoms. The van der Waals surface area contributed by atoms with Crippen molar-refractivity contribution in [3.8, 4) is 0 Å². The number of piperidine rings is 1. The van der Waals surface area contributed by atoms with Gasteiger partial charge in [0.1, 0.15) is 6.33 Å². The lowest BCUT2D eigenvalue weighted by atomic mass is 10.1. The van der Waals surface area contributed by atoms with E-state index < -0.39 is 5.95 Å². The molecule has 0 bridgehead atoms. The lowest BCUT2D eigenvalue weighted by molar-refractivity contribution is 0.223. The maximum Gasteiger partial charge on any atom is 0.218 e. The van der Waals surface area contributed by atoms with Crippen molar-refractivity contribution >= 4 is 0 Å². The van der Waals surface area contributed by atoms with Crippen molar-refractivity contribution in [1.29, 1.82) is 0 Å². The molecule has 0 atom stereocenters. The van der Waals surface area contributed by atoms with Crippen LogP contribution in [0, 0.1) is 0 Å². The summed E-state index contributed by atoms with van der Waals surface area (Å²) in [5.41, 5.74) is 0. The van der Waals surface area contributed by atoms with Gasteiger partial charge in [0.2, 0.25) is 5.95 Å². The minimum absolute atomic E-state index is 0.0331. The van der Waals surface area contributed by atoms with Gasteiger partial charge in [-0.15, -0.1) is 0 Å². The molecule has 1 saturated heterocycles. The van der Waals surface area contributed by atoms with E-state index >= 15 is 0 Å². The van der Waals surface area contributed by atoms with Gasteiger partial charge in [-0.2, -0.15) is 4.39 Å². The van der Waals surface area contributed by atoms with Crippen molar-refractivity contribution in [3.05, 3.63) is 12.3 Å². The maximum absolute atomic E-state index is 12.4. The minimum Gasteiger partial charge on any atom is -0.347 e. The number of halogens is 2. The second-order valence-electron chi connectivity index (χ2n) is 2.48. The summed E-state index contributed by atoms with van der Waals surface area (Å²) in [5.74, 6) is -0.722. The SMILES string of the molecule is F/C=C(/F)N1CCCCC1. The van der Waals surface area contributed by atoms with Gasteiger partial charge in [0.25, 0.3) is 0 Å². The molecule has 0 radical (unpaired) electrons. The molecule has 1 nitrogen and oxygen atoms in total. The molecule has 0 saturated carbocycles. The highest BCUT2D eigenvalue weighted by Gasteiger charge is 2.12. The van der Waals surface area contributed by atoms with E-state index in [4.69, 9.17) is 0 Å². The van der Waals surface area contributed by atoms with Crippen LogP contribution in [0.3, 0.4) is 0 Å². The first-order valence-corrected chi connectivity index (χ1v) is 3.55. The smallest absolute Gasteiger partial charge is 0.218 e. The topological polar surface area (TPSA) is 3.24 Å². The molecule has 0 aromatic heterocycles. The molecule has 0 aromatic carbocycles. The molecule has 10 heavy (non-hydrogen) atoms. The Labute approximate surface area is 59.3 Å². The Morgan fingerprint density at radius 1 is 1.20 bits per heavy atom. The van der Waals surface area contributed by atoms with Crippen molar-refractivity contribution in [1.82, 2.24) is 4.90 Å². The predicted molar refractivity (Wildman–Crippen MR) is 35.7 cm³/mol. The molecule has 0 spiro atoms. The molecule has 1 rings (SSSR count). The molecule has 1 fully saturated rings. The van der Waals surface area contributed by atoms with E-state index in [0.29, 0.717) is 13.1 Å². The Morgan fingerprint density at radius 3 is 2.30 bits per heavy atom. The van der Waals surface area contributed by atoms with E-state index in [1.54, 1.807) is 0 Å². The fourth-order valence-electron chi connectivity index (χ4n) is 1.18. The fraction of sp³-hybridized carbons (Fsp3) is 0.714. The molecular formula is C7H11F2N. The van der Waals surface area contributed by atoms with Gasteiger partial charge < -0.3 is 4.90 Å². The standard InChI is InChI=1S/C7H11F2N/c8-6-7(9)10-4-2-1-3-5-10/h6H,1-5H2/b7-6-. The Morgan fingerprint density at radius 2 is 1.80 bits per heavy atom. The number of hydrogen-bond acceptors (Lipinski definition) is 1. The van der Waals surface area contributed by atoms with Crippen LogP contribution >= 0.6 is 0 Å². The molecule has 1 aliphatic heterocycles. The van der Waals surface area contributed by atoms with Crippen molar-refractivity contribution in [2.45, 2.75) is 19.3 Å². The molecule has 1 aliphatic rings. The minimum atomic E-state index is -0.722. The van der Waals surface area contributed by atoms with Crippen molar-refractivity contribution < 1.29 is 8.78 Å². The number of rotatable bonds is 1. The molecule has 0 amide bonds. The normalized spacial score (nSPS) is 21.4. The van der Waals surface area contributed by atoms with E-state index in [9.17, 15) is 8.78 Å². The molecule has 0 unspecified atom stereocenters. The Balaban J connectivity index is 2.39. The van der Waals surface area contributed by atoms with Crippen molar-refractivity contribution in [3.63, 3.8) is 0 Å². The lowest BCUT2D eigenvalue weighted by Crippen LogP contribution is -2.27. The lowest BCUT2D eigenvalue weighted by Gasteiger charge is -2.25. The number of likely N-dealkylation sites (tertiary alicyclic amines) is 1. The number of nitrogens with zero attached hydrogens (tertiary/aromatic N) is 1. The summed E-state index contributed by atoms with van der Waals surface area (Å²) in [6.45, 7) is 1.32. The molecule has 1 heterocycles. The summed E-state index contributed by atoms with van der Waals surface area (Å²) in [6.07, 6.45) is 3.11. The maximum atomic E-state index is 12.4. The van der Waals surface area contributed by atoms with E-state index in [-0.39, 0.29) is 6.33 Å². The number of hydrogen-bond donors (Lipinski definition) is 0. The highest BCUT2D eigenvalue weighted by atomic mass is 19.2. The Hall–Kier alpha value is -0.600. The summed E-state index contributed by atoms with van der Waals surface area (Å²) >= 11 is 0. The van der Waals surface area contributed by atoms with Crippen molar-refractivity contribution in [2.24, 2.45) is 0 Å². The van der Waals surface area contributed by atoms with Crippen LogP contribution in [0.15, 0.2) is 12.3 Å². The summed E-state index contributed by atoms with van der Waals surface area (Å²) in [7, 11) is 0. The molecular weight excluding hydrogens is 136 g/mol. The van der Waals surface area contributed by atoms with E-state index in [1.807, 2.05) is 0 Å². The predicted octanol–water partition coefficient (Wildman–Crippen LogP) is 2.21. The quantitative estimate of drug-likeness (QED) is 0.514. The van der Waals surface area contributed by atoms with Gasteiger partial charge in [-0.3, -0.25) is 0 Å². The summed E-state index contributed by atoms with van der Waals surface area (Å²) in [6, 6.07) is 0. The van der Waals surface area contributed by atoms with Crippen LogP contribution in [0.25, 0.3) is 0 Å². The second-order valence-corrected chi connectivity index (χ2v) is 2.48. The molecule has 0 N–H and O–H groups in total. The summed E-state index contributed by atoms with van der Waals surface area (Å²) in [4.78, 5) is 1.43. The van der Waals surface area contributed by atoms with Crippen LogP contribution in [-0.2, 0) is 0 Å². The highest BCUT2D eigenvalue weighted by molar-refractivity contribution is 4.86. The Bertz CT molecular complexity index is 128. The van der Waals surface area contributed by atoms with Gasteiger partial charge >= 0.3 is 0 Å². The highest BCUT2D eigenvalue weighted by Crippen LogP contribution is 2.14. The second kappa shape index (κ2) is 3.54. The third-order valence-corrected chi connectivity index (χ3v) is 1.75. The van der Waals surface area contributed by atoms with E-state index in [1.165, 1.54) is 4.90 Å². The zero-order valence-electron chi connectivity index (χ0n) is 5.82. The first kappa shape index (κ1) is 7.51. The monoisotopic (exact) mass is 147 g/mol. The summed E-state index contributed by atoms with van der Waals surface area (Å²) < 4.78 is 24.0. The molecule has 0 aromatic rings. The van der Waals surface area contributed by atoms with Crippen LogP contribution in [-0.4, -0.2) is 18.0 Å². The first-order valence-electron chi connectivity index (χ1n) is 3.55. The van der Waals surface area contributed by atoms with Crippen LogP contribution in [0.4, 0.5) is 8.78 Å². The van der Waals surface area contributed by atoms with Gasteiger partial charge in [-0.05, 0) is 19.3 Å². The van der Waals surface area contributed by atoms with Crippen LogP contribution in [0.5, 0.6) is 0 Å². The van der Waals surface area contributed by atoms with E-state index in [2.05, 4.69) is 0 Å².